The summed E-state index contributed by atoms with van der Waals surface area (Å²) in [5.41, 5.74) is 0.433. The highest BCUT2D eigenvalue weighted by atomic mass is 35.5. The standard InChI is InChI=1S/C12H10Cl2N2O/c1-16-5-4-15-12(16)7-11(17)9-6-8(13)2-3-10(9)14/h2-6H,7H2,1H3. The van der Waals surface area contributed by atoms with Crippen LogP contribution in [0.2, 0.25) is 10.0 Å². The maximum Gasteiger partial charge on any atom is 0.171 e. The number of benzene rings is 1. The van der Waals surface area contributed by atoms with E-state index in [0.717, 1.165) is 0 Å². The third-order valence-corrected chi connectivity index (χ3v) is 3.03. The van der Waals surface area contributed by atoms with E-state index in [-0.39, 0.29) is 12.2 Å². The van der Waals surface area contributed by atoms with Gasteiger partial charge in [0.25, 0.3) is 0 Å². The van der Waals surface area contributed by atoms with E-state index in [0.29, 0.717) is 21.4 Å². The lowest BCUT2D eigenvalue weighted by atomic mass is 10.1. The van der Waals surface area contributed by atoms with Gasteiger partial charge in [-0.3, -0.25) is 4.79 Å². The fourth-order valence-corrected chi connectivity index (χ4v) is 1.91. The molecule has 1 heterocycles. The highest BCUT2D eigenvalue weighted by Gasteiger charge is 2.13. The van der Waals surface area contributed by atoms with Gasteiger partial charge in [0, 0.05) is 30.0 Å². The van der Waals surface area contributed by atoms with Crippen LogP contribution in [0.5, 0.6) is 0 Å². The van der Waals surface area contributed by atoms with Gasteiger partial charge in [0.1, 0.15) is 5.82 Å². The number of ketones is 1. The summed E-state index contributed by atoms with van der Waals surface area (Å²) in [7, 11) is 1.84. The molecule has 0 aliphatic rings. The molecule has 0 saturated heterocycles. The van der Waals surface area contributed by atoms with Crippen LogP contribution in [0.1, 0.15) is 16.2 Å². The third-order valence-electron chi connectivity index (χ3n) is 2.47. The summed E-state index contributed by atoms with van der Waals surface area (Å²) in [5.74, 6) is 0.609. The Morgan fingerprint density at radius 1 is 1.41 bits per heavy atom. The van der Waals surface area contributed by atoms with Gasteiger partial charge in [0.05, 0.1) is 11.4 Å². The molecule has 5 heteroatoms. The highest BCUT2D eigenvalue weighted by Crippen LogP contribution is 2.21. The SMILES string of the molecule is Cn1ccnc1CC(=O)c1cc(Cl)ccc1Cl. The zero-order valence-corrected chi connectivity index (χ0v) is 10.7. The number of Topliss-reactive ketones (excluding diaryl/α,β-unsaturated/α-hetero) is 1. The summed E-state index contributed by atoms with van der Waals surface area (Å²) < 4.78 is 1.80. The molecule has 2 rings (SSSR count). The van der Waals surface area contributed by atoms with E-state index in [1.165, 1.54) is 0 Å². The molecular weight excluding hydrogens is 259 g/mol. The topological polar surface area (TPSA) is 34.9 Å². The van der Waals surface area contributed by atoms with E-state index in [1.807, 2.05) is 7.05 Å². The Labute approximate surface area is 109 Å². The number of nitrogens with zero attached hydrogens (tertiary/aromatic N) is 2. The fraction of sp³-hybridized carbons (Fsp3) is 0.167. The number of carbonyl (C=O) groups excluding carboxylic acids is 1. The largest absolute Gasteiger partial charge is 0.338 e. The van der Waals surface area contributed by atoms with Crippen molar-refractivity contribution in [2.75, 3.05) is 0 Å². The Balaban J connectivity index is 2.26. The Kier molecular flexibility index (Phi) is 3.50. The number of carbonyl (C=O) groups is 1. The predicted octanol–water partition coefficient (Wildman–Crippen LogP) is 3.15. The second-order valence-electron chi connectivity index (χ2n) is 3.68. The molecule has 17 heavy (non-hydrogen) atoms. The number of rotatable bonds is 3. The smallest absolute Gasteiger partial charge is 0.171 e. The van der Waals surface area contributed by atoms with Crippen LogP contribution >= 0.6 is 23.2 Å². The van der Waals surface area contributed by atoms with Crippen LogP contribution in [0.4, 0.5) is 0 Å². The number of halogens is 2. The molecule has 0 aliphatic carbocycles. The lowest BCUT2D eigenvalue weighted by molar-refractivity contribution is 0.0990. The summed E-state index contributed by atoms with van der Waals surface area (Å²) in [6.45, 7) is 0. The Hall–Kier alpha value is -1.32. The molecule has 0 bridgehead atoms. The second kappa shape index (κ2) is 4.90. The van der Waals surface area contributed by atoms with Crippen molar-refractivity contribution in [2.45, 2.75) is 6.42 Å². The first-order valence-corrected chi connectivity index (χ1v) is 5.78. The summed E-state index contributed by atoms with van der Waals surface area (Å²) in [6, 6.07) is 4.85. The molecule has 0 unspecified atom stereocenters. The van der Waals surface area contributed by atoms with Crippen molar-refractivity contribution in [3.63, 3.8) is 0 Å². The molecule has 0 N–H and O–H groups in total. The van der Waals surface area contributed by atoms with Crippen LogP contribution in [0.3, 0.4) is 0 Å². The van der Waals surface area contributed by atoms with Crippen molar-refractivity contribution >= 4 is 29.0 Å². The first kappa shape index (κ1) is 12.1. The summed E-state index contributed by atoms with van der Waals surface area (Å²) >= 11 is 11.8. The Morgan fingerprint density at radius 3 is 2.82 bits per heavy atom. The number of aromatic nitrogens is 2. The van der Waals surface area contributed by atoms with Crippen molar-refractivity contribution in [3.05, 3.63) is 52.0 Å². The molecule has 0 atom stereocenters. The molecule has 1 aromatic heterocycles. The van der Waals surface area contributed by atoms with Crippen LogP contribution in [0.25, 0.3) is 0 Å². The molecule has 0 spiro atoms. The first-order chi connectivity index (χ1) is 8.08. The number of imidazole rings is 1. The minimum Gasteiger partial charge on any atom is -0.338 e. The molecule has 0 saturated carbocycles. The fourth-order valence-electron chi connectivity index (χ4n) is 1.52. The van der Waals surface area contributed by atoms with Crippen molar-refractivity contribution in [3.8, 4) is 0 Å². The van der Waals surface area contributed by atoms with E-state index in [2.05, 4.69) is 4.98 Å². The highest BCUT2D eigenvalue weighted by molar-refractivity contribution is 6.35. The Bertz CT molecular complexity index is 563. The second-order valence-corrected chi connectivity index (χ2v) is 4.52. The van der Waals surface area contributed by atoms with Gasteiger partial charge in [-0.2, -0.15) is 0 Å². The number of aryl methyl sites for hydroxylation is 1. The number of hydrogen-bond acceptors (Lipinski definition) is 2. The minimum atomic E-state index is -0.0909. The molecule has 0 amide bonds. The van der Waals surface area contributed by atoms with E-state index in [4.69, 9.17) is 23.2 Å². The van der Waals surface area contributed by atoms with E-state index < -0.39 is 0 Å². The zero-order valence-electron chi connectivity index (χ0n) is 9.15. The van der Waals surface area contributed by atoms with Gasteiger partial charge in [-0.1, -0.05) is 23.2 Å². The first-order valence-electron chi connectivity index (χ1n) is 5.02. The van der Waals surface area contributed by atoms with Gasteiger partial charge in [-0.15, -0.1) is 0 Å². The van der Waals surface area contributed by atoms with Gasteiger partial charge >= 0.3 is 0 Å². The maximum atomic E-state index is 12.0. The van der Waals surface area contributed by atoms with Crippen molar-refractivity contribution < 1.29 is 4.79 Å². The molecule has 0 fully saturated rings. The molecule has 0 aliphatic heterocycles. The molecular formula is C12H10Cl2N2O. The lowest BCUT2D eigenvalue weighted by Crippen LogP contribution is -2.08. The summed E-state index contributed by atoms with van der Waals surface area (Å²) in [5, 5.41) is 0.909. The van der Waals surface area contributed by atoms with Gasteiger partial charge in [-0.05, 0) is 18.2 Å². The van der Waals surface area contributed by atoms with Crippen LogP contribution in [-0.4, -0.2) is 15.3 Å². The van der Waals surface area contributed by atoms with Crippen LogP contribution in [0, 0.1) is 0 Å². The summed E-state index contributed by atoms with van der Waals surface area (Å²) in [6.07, 6.45) is 3.66. The third kappa shape index (κ3) is 2.68. The van der Waals surface area contributed by atoms with E-state index in [1.54, 1.807) is 35.2 Å². The Morgan fingerprint density at radius 2 is 2.18 bits per heavy atom. The van der Waals surface area contributed by atoms with E-state index in [9.17, 15) is 4.79 Å². The van der Waals surface area contributed by atoms with E-state index >= 15 is 0 Å². The molecule has 88 valence electrons. The van der Waals surface area contributed by atoms with Crippen molar-refractivity contribution in [1.29, 1.82) is 0 Å². The van der Waals surface area contributed by atoms with Gasteiger partial charge in [-0.25, -0.2) is 4.98 Å². The normalized spacial score (nSPS) is 10.5. The van der Waals surface area contributed by atoms with Crippen LogP contribution < -0.4 is 0 Å². The van der Waals surface area contributed by atoms with Crippen LogP contribution in [-0.2, 0) is 13.5 Å². The van der Waals surface area contributed by atoms with Gasteiger partial charge in [0.2, 0.25) is 0 Å². The molecule has 0 radical (unpaired) electrons. The van der Waals surface area contributed by atoms with Crippen LogP contribution in [0.15, 0.2) is 30.6 Å². The average molecular weight is 269 g/mol. The van der Waals surface area contributed by atoms with Gasteiger partial charge < -0.3 is 4.57 Å². The maximum absolute atomic E-state index is 12.0. The zero-order chi connectivity index (χ0) is 12.4. The molecule has 1 aromatic carbocycles. The van der Waals surface area contributed by atoms with Crippen molar-refractivity contribution in [1.82, 2.24) is 9.55 Å². The molecule has 3 nitrogen and oxygen atoms in total. The summed E-state index contributed by atoms with van der Waals surface area (Å²) in [4.78, 5) is 16.1. The monoisotopic (exact) mass is 268 g/mol. The van der Waals surface area contributed by atoms with Gasteiger partial charge in [0.15, 0.2) is 5.78 Å². The predicted molar refractivity (Wildman–Crippen MR) is 67.7 cm³/mol. The molecule has 2 aromatic rings. The lowest BCUT2D eigenvalue weighted by Gasteiger charge is -2.04. The number of hydrogen-bond donors (Lipinski definition) is 0. The average Bonchev–Trinajstić information content (AvgIpc) is 2.68. The minimum absolute atomic E-state index is 0.0909. The quantitative estimate of drug-likeness (QED) is 0.802. The van der Waals surface area contributed by atoms with Crippen molar-refractivity contribution in [2.24, 2.45) is 7.05 Å².